The molecule has 3 heterocycles. The first-order valence-electron chi connectivity index (χ1n) is 7.91. The van der Waals surface area contributed by atoms with Gasteiger partial charge in [-0.05, 0) is 56.0 Å². The fourth-order valence-electron chi connectivity index (χ4n) is 3.72. The Labute approximate surface area is 130 Å². The van der Waals surface area contributed by atoms with Gasteiger partial charge in [0.1, 0.15) is 0 Å². The zero-order valence-corrected chi connectivity index (χ0v) is 13.3. The number of pyridine rings is 1. The van der Waals surface area contributed by atoms with Gasteiger partial charge in [-0.15, -0.1) is 0 Å². The number of fused-ring (bicyclic) bond motifs is 3. The van der Waals surface area contributed by atoms with Crippen LogP contribution in [0.25, 0.3) is 10.9 Å². The average Bonchev–Trinajstić information content (AvgIpc) is 2.87. The molecule has 3 nitrogen and oxygen atoms in total. The van der Waals surface area contributed by atoms with Gasteiger partial charge < -0.3 is 10.3 Å². The Morgan fingerprint density at radius 1 is 1.14 bits per heavy atom. The van der Waals surface area contributed by atoms with E-state index in [0.717, 1.165) is 18.7 Å². The van der Waals surface area contributed by atoms with Gasteiger partial charge in [0.25, 0.3) is 0 Å². The van der Waals surface area contributed by atoms with Crippen LogP contribution in [0.2, 0.25) is 0 Å². The third-order valence-corrected chi connectivity index (χ3v) is 4.73. The minimum atomic E-state index is 0.164. The highest BCUT2D eigenvalue weighted by Gasteiger charge is 2.27. The number of H-pyrrole nitrogens is 1. The lowest BCUT2D eigenvalue weighted by Crippen LogP contribution is -2.31. The Balaban J connectivity index is 1.95. The number of aromatic nitrogens is 2. The van der Waals surface area contributed by atoms with E-state index in [-0.39, 0.29) is 6.04 Å². The molecule has 0 bridgehead atoms. The zero-order chi connectivity index (χ0) is 15.3. The number of rotatable bonds is 1. The lowest BCUT2D eigenvalue weighted by molar-refractivity contribution is 0.547. The Kier molecular flexibility index (Phi) is 3.05. The van der Waals surface area contributed by atoms with Crippen molar-refractivity contribution >= 4 is 10.9 Å². The number of benzene rings is 1. The number of nitrogens with zero attached hydrogens (tertiary/aromatic N) is 1. The van der Waals surface area contributed by atoms with Crippen molar-refractivity contribution in [3.63, 3.8) is 0 Å². The summed E-state index contributed by atoms with van der Waals surface area (Å²) in [6.45, 7) is 7.49. The number of nitrogens with one attached hydrogen (secondary N) is 2. The van der Waals surface area contributed by atoms with Crippen LogP contribution in [-0.4, -0.2) is 16.5 Å². The van der Waals surface area contributed by atoms with Gasteiger partial charge in [0, 0.05) is 29.3 Å². The summed E-state index contributed by atoms with van der Waals surface area (Å²) < 4.78 is 0. The van der Waals surface area contributed by atoms with Gasteiger partial charge in [-0.2, -0.15) is 0 Å². The highest BCUT2D eigenvalue weighted by atomic mass is 15.0. The number of aromatic amines is 1. The number of aryl methyl sites for hydroxylation is 3. The van der Waals surface area contributed by atoms with Crippen LogP contribution in [0.3, 0.4) is 0 Å². The van der Waals surface area contributed by atoms with E-state index >= 15 is 0 Å². The predicted molar refractivity (Wildman–Crippen MR) is 90.3 cm³/mol. The minimum Gasteiger partial charge on any atom is -0.356 e. The summed E-state index contributed by atoms with van der Waals surface area (Å²) >= 11 is 0. The maximum atomic E-state index is 4.63. The van der Waals surface area contributed by atoms with Gasteiger partial charge in [-0.25, -0.2) is 0 Å². The molecule has 3 aromatic rings. The first-order chi connectivity index (χ1) is 10.6. The molecule has 0 fully saturated rings. The third kappa shape index (κ3) is 1.97. The van der Waals surface area contributed by atoms with Crippen molar-refractivity contribution in [1.29, 1.82) is 0 Å². The number of hydrogen-bond donors (Lipinski definition) is 2. The first kappa shape index (κ1) is 13.5. The topological polar surface area (TPSA) is 40.7 Å². The third-order valence-electron chi connectivity index (χ3n) is 4.73. The molecule has 0 saturated heterocycles. The molecule has 2 aromatic heterocycles. The molecule has 0 radical (unpaired) electrons. The maximum Gasteiger partial charge on any atom is 0.0908 e. The molecular formula is C19H21N3. The zero-order valence-electron chi connectivity index (χ0n) is 13.3. The molecule has 0 saturated carbocycles. The molecule has 1 aliphatic rings. The normalized spacial score (nSPS) is 17.7. The van der Waals surface area contributed by atoms with Crippen molar-refractivity contribution in [2.45, 2.75) is 33.2 Å². The van der Waals surface area contributed by atoms with Crippen molar-refractivity contribution in [3.8, 4) is 0 Å². The molecule has 0 spiro atoms. The van der Waals surface area contributed by atoms with E-state index in [0.29, 0.717) is 0 Å². The molecule has 4 rings (SSSR count). The summed E-state index contributed by atoms with van der Waals surface area (Å²) in [4.78, 5) is 8.31. The van der Waals surface area contributed by atoms with Crippen molar-refractivity contribution in [2.75, 3.05) is 6.54 Å². The van der Waals surface area contributed by atoms with E-state index in [1.54, 1.807) is 0 Å². The Morgan fingerprint density at radius 3 is 2.82 bits per heavy atom. The average molecular weight is 291 g/mol. The van der Waals surface area contributed by atoms with Crippen molar-refractivity contribution < 1.29 is 0 Å². The maximum absolute atomic E-state index is 4.63. The van der Waals surface area contributed by atoms with Crippen LogP contribution in [-0.2, 0) is 6.42 Å². The Hall–Kier alpha value is -2.13. The first-order valence-corrected chi connectivity index (χ1v) is 7.91. The highest BCUT2D eigenvalue weighted by Crippen LogP contribution is 2.35. The van der Waals surface area contributed by atoms with Gasteiger partial charge in [0.2, 0.25) is 0 Å². The van der Waals surface area contributed by atoms with Crippen molar-refractivity contribution in [2.24, 2.45) is 0 Å². The van der Waals surface area contributed by atoms with Crippen LogP contribution < -0.4 is 5.32 Å². The summed E-state index contributed by atoms with van der Waals surface area (Å²) in [7, 11) is 0. The molecule has 3 heteroatoms. The fraction of sp³-hybridized carbons (Fsp3) is 0.316. The molecule has 1 aliphatic heterocycles. The Morgan fingerprint density at radius 2 is 2.00 bits per heavy atom. The molecule has 1 unspecified atom stereocenters. The highest BCUT2D eigenvalue weighted by molar-refractivity contribution is 5.88. The van der Waals surface area contributed by atoms with Crippen LogP contribution >= 0.6 is 0 Å². The van der Waals surface area contributed by atoms with E-state index in [1.807, 2.05) is 12.3 Å². The van der Waals surface area contributed by atoms with Crippen LogP contribution in [0.5, 0.6) is 0 Å². The molecule has 22 heavy (non-hydrogen) atoms. The quantitative estimate of drug-likeness (QED) is 0.717. The van der Waals surface area contributed by atoms with Crippen LogP contribution in [0.15, 0.2) is 30.5 Å². The second-order valence-corrected chi connectivity index (χ2v) is 6.36. The van der Waals surface area contributed by atoms with E-state index in [1.165, 1.54) is 38.9 Å². The monoisotopic (exact) mass is 291 g/mol. The van der Waals surface area contributed by atoms with Crippen molar-refractivity contribution in [1.82, 2.24) is 15.3 Å². The summed E-state index contributed by atoms with van der Waals surface area (Å²) in [5, 5.41) is 5.02. The SMILES string of the molecule is Cc1cc(C)c2[nH]c3c(c2c1)CCNC3c1ncccc1C. The second kappa shape index (κ2) is 4.96. The second-order valence-electron chi connectivity index (χ2n) is 6.36. The predicted octanol–water partition coefficient (Wildman–Crippen LogP) is 3.72. The van der Waals surface area contributed by atoms with Crippen molar-refractivity contribution in [3.05, 3.63) is 64.1 Å². The van der Waals surface area contributed by atoms with Crippen LogP contribution in [0.1, 0.15) is 39.7 Å². The van der Waals surface area contributed by atoms with E-state index in [9.17, 15) is 0 Å². The van der Waals surface area contributed by atoms with Gasteiger partial charge in [-0.1, -0.05) is 17.7 Å². The number of hydrogen-bond acceptors (Lipinski definition) is 2. The molecule has 2 N–H and O–H groups in total. The van der Waals surface area contributed by atoms with E-state index < -0.39 is 0 Å². The molecular weight excluding hydrogens is 270 g/mol. The summed E-state index contributed by atoms with van der Waals surface area (Å²) in [5.74, 6) is 0. The molecule has 0 amide bonds. The lowest BCUT2D eigenvalue weighted by atomic mass is 9.94. The summed E-state index contributed by atoms with van der Waals surface area (Å²) in [6.07, 6.45) is 2.96. The smallest absolute Gasteiger partial charge is 0.0908 e. The van der Waals surface area contributed by atoms with E-state index in [4.69, 9.17) is 0 Å². The van der Waals surface area contributed by atoms with Crippen LogP contribution in [0.4, 0.5) is 0 Å². The minimum absolute atomic E-state index is 0.164. The van der Waals surface area contributed by atoms with Gasteiger partial charge >= 0.3 is 0 Å². The molecule has 112 valence electrons. The Bertz CT molecular complexity index is 860. The van der Waals surface area contributed by atoms with Gasteiger partial charge in [0.05, 0.1) is 11.7 Å². The summed E-state index contributed by atoms with van der Waals surface area (Å²) in [6, 6.07) is 8.86. The molecule has 0 aliphatic carbocycles. The van der Waals surface area contributed by atoms with Gasteiger partial charge in [-0.3, -0.25) is 4.98 Å². The van der Waals surface area contributed by atoms with Gasteiger partial charge in [0.15, 0.2) is 0 Å². The largest absolute Gasteiger partial charge is 0.356 e. The standard InChI is InChI=1S/C19H21N3/c1-11-9-13(3)16-15(10-11)14-6-8-21-19(18(14)22-16)17-12(2)5-4-7-20-17/h4-5,7,9-10,19,21-22H,6,8H2,1-3H3. The summed E-state index contributed by atoms with van der Waals surface area (Å²) in [5.41, 5.74) is 9.03. The molecule has 1 aromatic carbocycles. The van der Waals surface area contributed by atoms with Crippen LogP contribution in [0, 0.1) is 20.8 Å². The molecule has 1 atom stereocenters. The lowest BCUT2D eigenvalue weighted by Gasteiger charge is -2.25. The van der Waals surface area contributed by atoms with E-state index in [2.05, 4.69) is 54.3 Å². The fourth-order valence-corrected chi connectivity index (χ4v) is 3.72.